The molecular formula is C27H25ClF3N7O4. The number of nitrogens with two attached hydrogens (primary N) is 1. The molecule has 1 aromatic carbocycles. The van der Waals surface area contributed by atoms with Crippen molar-refractivity contribution < 1.29 is 32.2 Å². The Bertz CT molecular complexity index is 1690. The third-order valence-electron chi connectivity index (χ3n) is 6.84. The molecule has 42 heavy (non-hydrogen) atoms. The minimum atomic E-state index is -4.59. The fraction of sp³-hybridized carbons (Fsp3) is 0.296. The molecule has 1 fully saturated rings. The predicted octanol–water partition coefficient (Wildman–Crippen LogP) is 4.61. The van der Waals surface area contributed by atoms with Crippen LogP contribution in [0.5, 0.6) is 5.75 Å². The van der Waals surface area contributed by atoms with E-state index >= 15 is 0 Å². The summed E-state index contributed by atoms with van der Waals surface area (Å²) in [4.78, 5) is 39.6. The zero-order valence-electron chi connectivity index (χ0n) is 22.6. The fourth-order valence-corrected chi connectivity index (χ4v) is 5.00. The average Bonchev–Trinajstić information content (AvgIpc) is 3.36. The van der Waals surface area contributed by atoms with Gasteiger partial charge in [-0.15, -0.1) is 0 Å². The van der Waals surface area contributed by atoms with Gasteiger partial charge in [-0.25, -0.2) is 15.0 Å². The number of carbonyl (C=O) groups excluding carboxylic acids is 2. The molecule has 0 aliphatic carbocycles. The van der Waals surface area contributed by atoms with Gasteiger partial charge in [-0.05, 0) is 37.3 Å². The standard InChI is InChI=1S/C27H25ClF3N7O4/c1-13-12-42-19(11-37(13)14(2)39)25-36-22(23-24(32)34-10-20(28)38(23)25)17-5-4-15(8-18(17)41-3)26(40)35-21-9-16(6-7-33-21)27(29,30)31/h4-10,13,19H,11-12H2,1-3H3,(H2,32,34)(H,33,35,40)/t13-,19+/m0/s1. The largest absolute Gasteiger partial charge is 0.496 e. The molecule has 0 radical (unpaired) electrons. The number of nitrogens with one attached hydrogen (secondary N) is 1. The molecule has 3 aromatic heterocycles. The minimum absolute atomic E-state index is 0.0874. The number of ether oxygens (including phenoxy) is 2. The maximum atomic E-state index is 13.1. The van der Waals surface area contributed by atoms with Gasteiger partial charge in [0, 0.05) is 24.2 Å². The number of morpholine rings is 1. The molecule has 2 amide bonds. The summed E-state index contributed by atoms with van der Waals surface area (Å²) in [5.41, 5.74) is 6.53. The van der Waals surface area contributed by atoms with E-state index in [1.165, 1.54) is 32.4 Å². The number of imidazole rings is 1. The number of nitrogens with zero attached hydrogens (tertiary/aromatic N) is 5. The van der Waals surface area contributed by atoms with Crippen LogP contribution < -0.4 is 15.8 Å². The number of alkyl halides is 3. The van der Waals surface area contributed by atoms with Crippen molar-refractivity contribution in [2.24, 2.45) is 0 Å². The number of carbonyl (C=O) groups is 2. The first-order valence-corrected chi connectivity index (χ1v) is 13.0. The predicted molar refractivity (Wildman–Crippen MR) is 147 cm³/mol. The van der Waals surface area contributed by atoms with Crippen molar-refractivity contribution in [2.75, 3.05) is 31.3 Å². The van der Waals surface area contributed by atoms with Gasteiger partial charge in [0.15, 0.2) is 0 Å². The van der Waals surface area contributed by atoms with Gasteiger partial charge < -0.3 is 25.4 Å². The van der Waals surface area contributed by atoms with Crippen LogP contribution in [0.1, 0.15) is 41.7 Å². The van der Waals surface area contributed by atoms with Crippen molar-refractivity contribution in [3.8, 4) is 17.0 Å². The summed E-state index contributed by atoms with van der Waals surface area (Å²) in [5.74, 6) is -0.371. The van der Waals surface area contributed by atoms with Crippen molar-refractivity contribution in [1.82, 2.24) is 24.3 Å². The molecule has 0 bridgehead atoms. The average molecular weight is 604 g/mol. The first kappa shape index (κ1) is 29.1. The Morgan fingerprint density at radius 1 is 1.21 bits per heavy atom. The molecule has 4 aromatic rings. The van der Waals surface area contributed by atoms with Gasteiger partial charge in [-0.3, -0.25) is 14.0 Å². The van der Waals surface area contributed by atoms with Crippen LogP contribution in [0.4, 0.5) is 24.8 Å². The molecule has 220 valence electrons. The van der Waals surface area contributed by atoms with Gasteiger partial charge in [0.1, 0.15) is 45.7 Å². The van der Waals surface area contributed by atoms with Crippen LogP contribution >= 0.6 is 11.6 Å². The second kappa shape index (κ2) is 11.1. The molecule has 4 heterocycles. The van der Waals surface area contributed by atoms with Crippen molar-refractivity contribution in [3.05, 3.63) is 64.8 Å². The first-order valence-electron chi connectivity index (χ1n) is 12.6. The number of halogens is 4. The smallest absolute Gasteiger partial charge is 0.416 e. The summed E-state index contributed by atoms with van der Waals surface area (Å²) in [6.45, 7) is 3.87. The van der Waals surface area contributed by atoms with Crippen LogP contribution in [-0.2, 0) is 15.7 Å². The molecule has 0 saturated carbocycles. The van der Waals surface area contributed by atoms with Gasteiger partial charge >= 0.3 is 6.18 Å². The molecule has 1 aliphatic heterocycles. The molecule has 0 unspecified atom stereocenters. The quantitative estimate of drug-likeness (QED) is 0.337. The van der Waals surface area contributed by atoms with E-state index in [2.05, 4.69) is 15.3 Å². The molecule has 3 N–H and O–H groups in total. The van der Waals surface area contributed by atoms with E-state index in [1.807, 2.05) is 6.92 Å². The lowest BCUT2D eigenvalue weighted by atomic mass is 10.1. The Kier molecular flexibility index (Phi) is 7.68. The highest BCUT2D eigenvalue weighted by Gasteiger charge is 2.34. The van der Waals surface area contributed by atoms with Gasteiger partial charge in [0.2, 0.25) is 5.91 Å². The van der Waals surface area contributed by atoms with Gasteiger partial charge in [0.05, 0.1) is 38.1 Å². The Balaban J connectivity index is 1.54. The number of amides is 2. The number of aromatic nitrogens is 4. The Morgan fingerprint density at radius 3 is 2.67 bits per heavy atom. The molecule has 1 aliphatic rings. The number of hydrogen-bond acceptors (Lipinski definition) is 8. The number of nitrogen functional groups attached to an aromatic ring is 1. The molecule has 5 rings (SSSR count). The molecule has 0 spiro atoms. The zero-order chi connectivity index (χ0) is 30.3. The molecular weight excluding hydrogens is 579 g/mol. The highest BCUT2D eigenvalue weighted by Crippen LogP contribution is 2.39. The van der Waals surface area contributed by atoms with Crippen molar-refractivity contribution in [3.63, 3.8) is 0 Å². The Morgan fingerprint density at radius 2 is 1.98 bits per heavy atom. The number of benzene rings is 1. The van der Waals surface area contributed by atoms with Gasteiger partial charge in [-0.1, -0.05) is 11.6 Å². The van der Waals surface area contributed by atoms with E-state index in [1.54, 1.807) is 15.4 Å². The van der Waals surface area contributed by atoms with E-state index in [9.17, 15) is 22.8 Å². The lowest BCUT2D eigenvalue weighted by Crippen LogP contribution is -2.47. The lowest BCUT2D eigenvalue weighted by Gasteiger charge is -2.37. The number of hydrogen-bond donors (Lipinski definition) is 2. The van der Waals surface area contributed by atoms with Crippen LogP contribution in [0, 0.1) is 0 Å². The summed E-state index contributed by atoms with van der Waals surface area (Å²) >= 11 is 6.55. The maximum Gasteiger partial charge on any atom is 0.416 e. The summed E-state index contributed by atoms with van der Waals surface area (Å²) < 4.78 is 52.4. The second-order valence-corrected chi connectivity index (χ2v) is 10.00. The Labute approximate surface area is 242 Å². The number of methoxy groups -OCH3 is 1. The third kappa shape index (κ3) is 5.42. The molecule has 2 atom stereocenters. The van der Waals surface area contributed by atoms with Crippen molar-refractivity contribution >= 4 is 40.6 Å². The van der Waals surface area contributed by atoms with E-state index in [-0.39, 0.29) is 53.2 Å². The van der Waals surface area contributed by atoms with Crippen LogP contribution in [-0.4, -0.2) is 62.4 Å². The normalized spacial score (nSPS) is 17.4. The van der Waals surface area contributed by atoms with Crippen LogP contribution in [0.15, 0.2) is 42.7 Å². The summed E-state index contributed by atoms with van der Waals surface area (Å²) in [5, 5.41) is 2.57. The monoisotopic (exact) mass is 603 g/mol. The summed E-state index contributed by atoms with van der Waals surface area (Å²) in [7, 11) is 1.39. The summed E-state index contributed by atoms with van der Waals surface area (Å²) in [6.07, 6.45) is -2.90. The maximum absolute atomic E-state index is 13.1. The number of rotatable bonds is 5. The lowest BCUT2D eigenvalue weighted by molar-refractivity contribution is -0.142. The van der Waals surface area contributed by atoms with Crippen molar-refractivity contribution in [1.29, 1.82) is 0 Å². The topological polar surface area (TPSA) is 137 Å². The highest BCUT2D eigenvalue weighted by atomic mass is 35.5. The summed E-state index contributed by atoms with van der Waals surface area (Å²) in [6, 6.07) is 5.84. The van der Waals surface area contributed by atoms with Crippen LogP contribution in [0.25, 0.3) is 16.8 Å². The second-order valence-electron chi connectivity index (χ2n) is 9.61. The van der Waals surface area contributed by atoms with Crippen LogP contribution in [0.3, 0.4) is 0 Å². The molecule has 15 heteroatoms. The van der Waals surface area contributed by atoms with Gasteiger partial charge in [-0.2, -0.15) is 13.2 Å². The van der Waals surface area contributed by atoms with Gasteiger partial charge in [0.25, 0.3) is 5.91 Å². The number of pyridine rings is 1. The van der Waals surface area contributed by atoms with Crippen LogP contribution in [0.2, 0.25) is 5.15 Å². The van der Waals surface area contributed by atoms with E-state index in [0.29, 0.717) is 22.6 Å². The number of fused-ring (bicyclic) bond motifs is 1. The number of anilines is 2. The molecule has 1 saturated heterocycles. The fourth-order valence-electron chi connectivity index (χ4n) is 4.78. The SMILES string of the molecule is COc1cc(C(=O)Nc2cc(C(F)(F)F)ccn2)ccc1-c1nc([C@H]2CN(C(C)=O)[C@@H](C)CO2)n2c(Cl)cnc(N)c12. The molecule has 11 nitrogen and oxygen atoms in total. The minimum Gasteiger partial charge on any atom is -0.496 e. The first-order chi connectivity index (χ1) is 19.9. The van der Waals surface area contributed by atoms with E-state index in [0.717, 1.165) is 18.3 Å². The van der Waals surface area contributed by atoms with Crippen molar-refractivity contribution in [2.45, 2.75) is 32.2 Å². The van der Waals surface area contributed by atoms with E-state index in [4.69, 9.17) is 31.8 Å². The van der Waals surface area contributed by atoms with E-state index < -0.39 is 23.8 Å². The third-order valence-corrected chi connectivity index (χ3v) is 7.11. The Hall–Kier alpha value is -4.43. The zero-order valence-corrected chi connectivity index (χ0v) is 23.3. The highest BCUT2D eigenvalue weighted by molar-refractivity contribution is 6.30.